The van der Waals surface area contributed by atoms with Crippen LogP contribution in [0.3, 0.4) is 0 Å². The Kier molecular flexibility index (Phi) is 3.54. The first kappa shape index (κ1) is 14.0. The van der Waals surface area contributed by atoms with Gasteiger partial charge in [0, 0.05) is 25.4 Å². The van der Waals surface area contributed by atoms with Gasteiger partial charge in [-0.2, -0.15) is 0 Å². The summed E-state index contributed by atoms with van der Waals surface area (Å²) in [5, 5.41) is 0. The molecule has 2 aliphatic rings. The van der Waals surface area contributed by atoms with E-state index in [2.05, 4.69) is 20.5 Å². The van der Waals surface area contributed by atoms with E-state index >= 15 is 0 Å². The van der Waals surface area contributed by atoms with Gasteiger partial charge in [-0.15, -0.1) is 0 Å². The summed E-state index contributed by atoms with van der Waals surface area (Å²) in [7, 11) is 0. The molecular formula is C17H23N3O2. The van der Waals surface area contributed by atoms with Crippen molar-refractivity contribution in [3.05, 3.63) is 42.4 Å². The van der Waals surface area contributed by atoms with Crippen LogP contribution in [0.15, 0.2) is 35.3 Å². The first-order chi connectivity index (χ1) is 10.7. The number of hydrogen-bond acceptors (Lipinski definition) is 4. The van der Waals surface area contributed by atoms with E-state index in [1.807, 2.05) is 31.7 Å². The molecule has 2 atom stereocenters. The maximum Gasteiger partial charge on any atom is 0.118 e. The molecule has 0 saturated carbocycles. The zero-order valence-corrected chi connectivity index (χ0v) is 13.1. The number of furan rings is 1. The summed E-state index contributed by atoms with van der Waals surface area (Å²) in [5.41, 5.74) is 0.00875. The van der Waals surface area contributed by atoms with E-state index in [0.29, 0.717) is 6.04 Å². The number of nitrogens with zero attached hydrogens (tertiary/aromatic N) is 3. The summed E-state index contributed by atoms with van der Waals surface area (Å²) in [6.07, 6.45) is 9.22. The van der Waals surface area contributed by atoms with Gasteiger partial charge >= 0.3 is 0 Å². The van der Waals surface area contributed by atoms with Crippen LogP contribution in [0.2, 0.25) is 0 Å². The average Bonchev–Trinajstić information content (AvgIpc) is 3.21. The fourth-order valence-corrected chi connectivity index (χ4v) is 3.90. The monoisotopic (exact) mass is 301 g/mol. The molecule has 5 heteroatoms. The Morgan fingerprint density at radius 2 is 2.36 bits per heavy atom. The lowest BCUT2D eigenvalue weighted by atomic mass is 9.88. The smallest absolute Gasteiger partial charge is 0.118 e. The van der Waals surface area contributed by atoms with Crippen molar-refractivity contribution >= 4 is 0 Å². The summed E-state index contributed by atoms with van der Waals surface area (Å²) >= 11 is 0. The number of imidazole rings is 1. The molecule has 2 aromatic heterocycles. The second-order valence-electron chi connectivity index (χ2n) is 6.69. The van der Waals surface area contributed by atoms with E-state index < -0.39 is 0 Å². The van der Waals surface area contributed by atoms with Crippen molar-refractivity contribution in [3.8, 4) is 0 Å². The van der Waals surface area contributed by atoms with Crippen LogP contribution >= 0.6 is 0 Å². The van der Waals surface area contributed by atoms with Gasteiger partial charge in [-0.1, -0.05) is 0 Å². The van der Waals surface area contributed by atoms with Gasteiger partial charge in [-0.05, 0) is 38.4 Å². The Hall–Kier alpha value is -1.59. The van der Waals surface area contributed by atoms with Gasteiger partial charge in [0.05, 0.1) is 31.1 Å². The van der Waals surface area contributed by atoms with Gasteiger partial charge in [-0.25, -0.2) is 4.98 Å². The first-order valence-electron chi connectivity index (χ1n) is 8.12. The largest absolute Gasteiger partial charge is 0.465 e. The first-order valence-corrected chi connectivity index (χ1v) is 8.12. The van der Waals surface area contributed by atoms with Crippen molar-refractivity contribution in [3.63, 3.8) is 0 Å². The number of aryl methyl sites for hydroxylation is 1. The highest BCUT2D eigenvalue weighted by Gasteiger charge is 2.43. The predicted molar refractivity (Wildman–Crippen MR) is 82.5 cm³/mol. The Morgan fingerprint density at radius 1 is 1.41 bits per heavy atom. The van der Waals surface area contributed by atoms with Gasteiger partial charge in [0.25, 0.3) is 0 Å². The van der Waals surface area contributed by atoms with E-state index in [1.54, 1.807) is 0 Å². The lowest BCUT2D eigenvalue weighted by Crippen LogP contribution is -2.47. The molecule has 0 N–H and O–H groups in total. The quantitative estimate of drug-likeness (QED) is 0.874. The Morgan fingerprint density at radius 3 is 3.14 bits per heavy atom. The molecule has 5 nitrogen and oxygen atoms in total. The third-order valence-corrected chi connectivity index (χ3v) is 4.93. The van der Waals surface area contributed by atoms with E-state index in [9.17, 15) is 0 Å². The van der Waals surface area contributed by atoms with Crippen LogP contribution in [0, 0.1) is 6.92 Å². The van der Waals surface area contributed by atoms with Crippen molar-refractivity contribution in [2.45, 2.75) is 44.4 Å². The van der Waals surface area contributed by atoms with E-state index in [4.69, 9.17) is 9.15 Å². The van der Waals surface area contributed by atoms with Gasteiger partial charge < -0.3 is 13.7 Å². The Labute approximate surface area is 130 Å². The molecule has 0 aliphatic carbocycles. The van der Waals surface area contributed by atoms with Crippen LogP contribution in [-0.4, -0.2) is 39.7 Å². The zero-order chi connectivity index (χ0) is 15.0. The minimum Gasteiger partial charge on any atom is -0.465 e. The van der Waals surface area contributed by atoms with Gasteiger partial charge in [0.15, 0.2) is 0 Å². The van der Waals surface area contributed by atoms with Crippen molar-refractivity contribution in [2.75, 3.05) is 19.7 Å². The van der Waals surface area contributed by atoms with E-state index in [1.165, 1.54) is 6.42 Å². The highest BCUT2D eigenvalue weighted by molar-refractivity contribution is 5.06. The number of hydrogen-bond donors (Lipinski definition) is 0. The average molecular weight is 301 g/mol. The molecule has 0 unspecified atom stereocenters. The van der Waals surface area contributed by atoms with E-state index in [-0.39, 0.29) is 5.60 Å². The molecule has 1 spiro atoms. The Balaban J connectivity index is 1.42. The van der Waals surface area contributed by atoms with Crippen molar-refractivity contribution < 1.29 is 9.15 Å². The second-order valence-corrected chi connectivity index (χ2v) is 6.69. The minimum atomic E-state index is 0.00875. The highest BCUT2D eigenvalue weighted by atomic mass is 16.5. The molecule has 118 valence electrons. The molecule has 0 amide bonds. The molecule has 2 saturated heterocycles. The number of rotatable bonds is 3. The molecule has 2 aromatic rings. The Bertz CT molecular complexity index is 622. The summed E-state index contributed by atoms with van der Waals surface area (Å²) in [4.78, 5) is 6.63. The third-order valence-electron chi connectivity index (χ3n) is 4.93. The summed E-state index contributed by atoms with van der Waals surface area (Å²) in [6.45, 7) is 5.80. The fraction of sp³-hybridized carbons (Fsp3) is 0.588. The molecule has 0 radical (unpaired) electrons. The fourth-order valence-electron chi connectivity index (χ4n) is 3.90. The molecule has 22 heavy (non-hydrogen) atoms. The number of piperidine rings is 1. The maximum atomic E-state index is 6.27. The summed E-state index contributed by atoms with van der Waals surface area (Å²) in [5.74, 6) is 2.04. The minimum absolute atomic E-state index is 0.00875. The van der Waals surface area contributed by atoms with Crippen LogP contribution in [0.4, 0.5) is 0 Å². The lowest BCUT2D eigenvalue weighted by Gasteiger charge is -2.39. The van der Waals surface area contributed by atoms with E-state index in [0.717, 1.165) is 50.6 Å². The molecule has 4 heterocycles. The highest BCUT2D eigenvalue weighted by Crippen LogP contribution is 2.39. The van der Waals surface area contributed by atoms with Crippen LogP contribution in [0.25, 0.3) is 0 Å². The number of likely N-dealkylation sites (tertiary alicyclic amines) is 1. The maximum absolute atomic E-state index is 6.27. The molecule has 2 fully saturated rings. The zero-order valence-electron chi connectivity index (χ0n) is 13.1. The standard InChI is InChI=1S/C17H23N3O2/c1-14-3-4-16(22-14)10-19-7-2-5-17(12-19)9-15(11-21-17)20-8-6-18-13-20/h3-4,6,8,13,15H,2,5,7,9-12H2,1H3/t15-,17-/m0/s1. The number of aromatic nitrogens is 2. The molecule has 0 aromatic carbocycles. The van der Waals surface area contributed by atoms with Gasteiger partial charge in [-0.3, -0.25) is 4.90 Å². The van der Waals surface area contributed by atoms with Crippen molar-refractivity contribution in [2.24, 2.45) is 0 Å². The molecule has 2 aliphatic heterocycles. The second kappa shape index (κ2) is 5.56. The SMILES string of the molecule is Cc1ccc(CN2CCC[C@]3(C[C@H](n4ccnc4)CO3)C2)o1. The normalized spacial score (nSPS) is 29.4. The summed E-state index contributed by atoms with van der Waals surface area (Å²) in [6, 6.07) is 4.55. The van der Waals surface area contributed by atoms with Gasteiger partial charge in [0.1, 0.15) is 11.5 Å². The van der Waals surface area contributed by atoms with Crippen LogP contribution in [0.5, 0.6) is 0 Å². The number of ether oxygens (including phenoxy) is 1. The van der Waals surface area contributed by atoms with Crippen molar-refractivity contribution in [1.29, 1.82) is 0 Å². The van der Waals surface area contributed by atoms with Crippen molar-refractivity contribution in [1.82, 2.24) is 14.5 Å². The van der Waals surface area contributed by atoms with Crippen LogP contribution in [0.1, 0.15) is 36.8 Å². The van der Waals surface area contributed by atoms with Crippen LogP contribution < -0.4 is 0 Å². The van der Waals surface area contributed by atoms with Gasteiger partial charge in [0.2, 0.25) is 0 Å². The van der Waals surface area contributed by atoms with Crippen LogP contribution in [-0.2, 0) is 11.3 Å². The molecule has 4 rings (SSSR count). The predicted octanol–water partition coefficient (Wildman–Crippen LogP) is 2.78. The topological polar surface area (TPSA) is 43.4 Å². The third kappa shape index (κ3) is 2.71. The molecule has 0 bridgehead atoms. The lowest BCUT2D eigenvalue weighted by molar-refractivity contribution is -0.0546. The molecular weight excluding hydrogens is 278 g/mol. The summed E-state index contributed by atoms with van der Waals surface area (Å²) < 4.78 is 14.2.